The summed E-state index contributed by atoms with van der Waals surface area (Å²) < 4.78 is 0. The van der Waals surface area contributed by atoms with Crippen molar-refractivity contribution in [1.82, 2.24) is 0 Å². The molecular formula is C17H17O3-. The van der Waals surface area contributed by atoms with Gasteiger partial charge in [-0.05, 0) is 11.1 Å². The molecule has 2 aromatic rings. The van der Waals surface area contributed by atoms with Gasteiger partial charge >= 0.3 is 0 Å². The summed E-state index contributed by atoms with van der Waals surface area (Å²) in [5.74, 6) is -1.24. The number of benzene rings is 2. The van der Waals surface area contributed by atoms with Gasteiger partial charge in [-0.25, -0.2) is 0 Å². The topological polar surface area (TPSA) is 60.4 Å². The largest absolute Gasteiger partial charge is 0.550 e. The molecule has 1 N–H and O–H groups in total. The first-order valence-corrected chi connectivity index (χ1v) is 6.57. The summed E-state index contributed by atoms with van der Waals surface area (Å²) in [7, 11) is 0. The molecule has 2 aromatic carbocycles. The molecule has 0 saturated heterocycles. The van der Waals surface area contributed by atoms with Gasteiger partial charge in [0.2, 0.25) is 0 Å². The molecule has 0 atom stereocenters. The lowest BCUT2D eigenvalue weighted by molar-refractivity contribution is -0.309. The molecule has 0 aliphatic carbocycles. The molecule has 3 heteroatoms. The Bertz CT molecular complexity index is 507. The van der Waals surface area contributed by atoms with E-state index in [-0.39, 0.29) is 19.3 Å². The third kappa shape index (κ3) is 4.21. The van der Waals surface area contributed by atoms with Crippen LogP contribution < -0.4 is 5.11 Å². The maximum atomic E-state index is 10.9. The van der Waals surface area contributed by atoms with Crippen molar-refractivity contribution in [2.75, 3.05) is 0 Å². The number of carboxylic acid groups (broad SMARTS) is 1. The van der Waals surface area contributed by atoms with Crippen LogP contribution in [0.25, 0.3) is 0 Å². The van der Waals surface area contributed by atoms with E-state index in [0.29, 0.717) is 0 Å². The molecule has 0 spiro atoms. The first kappa shape index (κ1) is 14.3. The Kier molecular flexibility index (Phi) is 4.53. The number of rotatable bonds is 6. The first-order chi connectivity index (χ1) is 9.57. The highest BCUT2D eigenvalue weighted by molar-refractivity contribution is 5.66. The molecule has 0 unspecified atom stereocenters. The summed E-state index contributed by atoms with van der Waals surface area (Å²) in [5.41, 5.74) is 0.487. The SMILES string of the molecule is O=C([O-])CC(O)(Cc1ccccc1)Cc1ccccc1. The second-order valence-corrected chi connectivity index (χ2v) is 5.10. The van der Waals surface area contributed by atoms with Gasteiger partial charge in [0.05, 0.1) is 5.60 Å². The quantitative estimate of drug-likeness (QED) is 0.861. The number of hydrogen-bond donors (Lipinski definition) is 1. The summed E-state index contributed by atoms with van der Waals surface area (Å²) in [6, 6.07) is 18.8. The van der Waals surface area contributed by atoms with Crippen molar-refractivity contribution < 1.29 is 15.0 Å². The lowest BCUT2D eigenvalue weighted by Crippen LogP contribution is -2.41. The predicted molar refractivity (Wildman–Crippen MR) is 74.9 cm³/mol. The Hall–Kier alpha value is -2.13. The van der Waals surface area contributed by atoms with E-state index in [0.717, 1.165) is 11.1 Å². The number of carboxylic acids is 1. The molecule has 3 nitrogen and oxygen atoms in total. The van der Waals surface area contributed by atoms with E-state index >= 15 is 0 Å². The lowest BCUT2D eigenvalue weighted by Gasteiger charge is -2.29. The summed E-state index contributed by atoms with van der Waals surface area (Å²) in [6.07, 6.45) is 0.199. The Morgan fingerprint density at radius 3 is 1.65 bits per heavy atom. The zero-order valence-electron chi connectivity index (χ0n) is 11.2. The zero-order valence-corrected chi connectivity index (χ0v) is 11.2. The van der Waals surface area contributed by atoms with E-state index in [9.17, 15) is 15.0 Å². The summed E-state index contributed by atoms with van der Waals surface area (Å²) in [5, 5.41) is 21.6. The van der Waals surface area contributed by atoms with Gasteiger partial charge in [-0.2, -0.15) is 0 Å². The Balaban J connectivity index is 2.19. The monoisotopic (exact) mass is 269 g/mol. The van der Waals surface area contributed by atoms with Gasteiger partial charge in [0.25, 0.3) is 0 Å². The first-order valence-electron chi connectivity index (χ1n) is 6.57. The fourth-order valence-electron chi connectivity index (χ4n) is 2.41. The number of aliphatic carboxylic acids is 1. The van der Waals surface area contributed by atoms with Gasteiger partial charge in [-0.1, -0.05) is 60.7 Å². The predicted octanol–water partition coefficient (Wildman–Crippen LogP) is 1.34. The normalized spacial score (nSPS) is 11.2. The van der Waals surface area contributed by atoms with E-state index in [1.165, 1.54) is 0 Å². The van der Waals surface area contributed by atoms with Crippen LogP contribution in [0.15, 0.2) is 60.7 Å². The van der Waals surface area contributed by atoms with Gasteiger partial charge in [-0.3, -0.25) is 0 Å². The van der Waals surface area contributed by atoms with Crippen molar-refractivity contribution in [3.8, 4) is 0 Å². The second kappa shape index (κ2) is 6.35. The smallest absolute Gasteiger partial charge is 0.0779 e. The molecular weight excluding hydrogens is 252 g/mol. The van der Waals surface area contributed by atoms with Gasteiger partial charge in [-0.15, -0.1) is 0 Å². The van der Waals surface area contributed by atoms with Crippen LogP contribution in [0.3, 0.4) is 0 Å². The molecule has 0 amide bonds. The number of aliphatic hydroxyl groups is 1. The van der Waals surface area contributed by atoms with Crippen molar-refractivity contribution in [1.29, 1.82) is 0 Å². The number of carbonyl (C=O) groups excluding carboxylic acids is 1. The van der Waals surface area contributed by atoms with Crippen molar-refractivity contribution in [3.63, 3.8) is 0 Å². The lowest BCUT2D eigenvalue weighted by atomic mass is 9.85. The molecule has 0 aromatic heterocycles. The average Bonchev–Trinajstić information content (AvgIpc) is 2.39. The van der Waals surface area contributed by atoms with Gasteiger partial charge in [0.15, 0.2) is 0 Å². The van der Waals surface area contributed by atoms with Crippen LogP contribution >= 0.6 is 0 Å². The Morgan fingerprint density at radius 1 is 0.900 bits per heavy atom. The van der Waals surface area contributed by atoms with Gasteiger partial charge in [0.1, 0.15) is 0 Å². The highest BCUT2D eigenvalue weighted by Crippen LogP contribution is 2.22. The van der Waals surface area contributed by atoms with Crippen LogP contribution in [0.1, 0.15) is 17.5 Å². The van der Waals surface area contributed by atoms with E-state index < -0.39 is 11.6 Å². The highest BCUT2D eigenvalue weighted by atomic mass is 16.4. The average molecular weight is 269 g/mol. The van der Waals surface area contributed by atoms with Crippen LogP contribution in [0, 0.1) is 0 Å². The number of hydrogen-bond acceptors (Lipinski definition) is 3. The minimum Gasteiger partial charge on any atom is -0.550 e. The maximum Gasteiger partial charge on any atom is 0.0779 e. The van der Waals surface area contributed by atoms with Crippen molar-refractivity contribution in [2.24, 2.45) is 0 Å². The zero-order chi connectivity index (χ0) is 14.4. The molecule has 104 valence electrons. The van der Waals surface area contributed by atoms with Crippen molar-refractivity contribution >= 4 is 5.97 Å². The van der Waals surface area contributed by atoms with Crippen molar-refractivity contribution in [3.05, 3.63) is 71.8 Å². The fraction of sp³-hybridized carbons (Fsp3) is 0.235. The molecule has 0 aliphatic heterocycles. The van der Waals surface area contributed by atoms with E-state index in [1.807, 2.05) is 60.7 Å². The minimum absolute atomic E-state index is 0.288. The standard InChI is InChI=1S/C17H18O3/c18-16(19)13-17(20,11-14-7-3-1-4-8-14)12-15-9-5-2-6-10-15/h1-10,20H,11-13H2,(H,18,19)/p-1. The third-order valence-electron chi connectivity index (χ3n) is 3.23. The third-order valence-corrected chi connectivity index (χ3v) is 3.23. The molecule has 0 aliphatic rings. The fourth-order valence-corrected chi connectivity index (χ4v) is 2.41. The molecule has 0 saturated carbocycles. The second-order valence-electron chi connectivity index (χ2n) is 5.10. The van der Waals surface area contributed by atoms with E-state index in [4.69, 9.17) is 0 Å². The van der Waals surface area contributed by atoms with E-state index in [1.54, 1.807) is 0 Å². The molecule has 2 rings (SSSR count). The Labute approximate surface area is 118 Å². The summed E-state index contributed by atoms with van der Waals surface area (Å²) in [4.78, 5) is 10.9. The van der Waals surface area contributed by atoms with Crippen LogP contribution in [0.4, 0.5) is 0 Å². The molecule has 20 heavy (non-hydrogen) atoms. The number of carbonyl (C=O) groups is 1. The van der Waals surface area contributed by atoms with Gasteiger partial charge < -0.3 is 15.0 Å². The minimum atomic E-state index is -1.33. The summed E-state index contributed by atoms with van der Waals surface area (Å²) >= 11 is 0. The van der Waals surface area contributed by atoms with Crippen molar-refractivity contribution in [2.45, 2.75) is 24.9 Å². The maximum absolute atomic E-state index is 10.9. The molecule has 0 radical (unpaired) electrons. The molecule has 0 heterocycles. The highest BCUT2D eigenvalue weighted by Gasteiger charge is 2.28. The van der Waals surface area contributed by atoms with Crippen LogP contribution in [0.2, 0.25) is 0 Å². The van der Waals surface area contributed by atoms with Crippen LogP contribution in [-0.2, 0) is 17.6 Å². The van der Waals surface area contributed by atoms with Crippen LogP contribution in [0.5, 0.6) is 0 Å². The summed E-state index contributed by atoms with van der Waals surface area (Å²) in [6.45, 7) is 0. The van der Waals surface area contributed by atoms with Crippen LogP contribution in [-0.4, -0.2) is 16.7 Å². The van der Waals surface area contributed by atoms with Gasteiger partial charge in [0, 0.05) is 25.2 Å². The molecule has 0 bridgehead atoms. The Morgan fingerprint density at radius 2 is 1.30 bits per heavy atom. The van der Waals surface area contributed by atoms with E-state index in [2.05, 4.69) is 0 Å². The molecule has 0 fully saturated rings.